The lowest BCUT2D eigenvalue weighted by Gasteiger charge is -2.13. The Morgan fingerprint density at radius 3 is 2.60 bits per heavy atom. The standard InChI is InChI=1S/C15H15ClFNO2/c1-3-18-14(8-7-12(16)15(18)19)11-6-5-10(20-4-2)9-13(11)17/h5-9H,3-4H2,1-2H3. The second kappa shape index (κ2) is 6.09. The summed E-state index contributed by atoms with van der Waals surface area (Å²) in [6.07, 6.45) is 0. The maximum absolute atomic E-state index is 14.2. The molecule has 0 atom stereocenters. The molecule has 5 heteroatoms. The smallest absolute Gasteiger partial charge is 0.269 e. The van der Waals surface area contributed by atoms with Crippen molar-refractivity contribution >= 4 is 11.6 Å². The Morgan fingerprint density at radius 2 is 2.00 bits per heavy atom. The number of halogens is 2. The van der Waals surface area contributed by atoms with Gasteiger partial charge in [-0.2, -0.15) is 0 Å². The van der Waals surface area contributed by atoms with E-state index in [2.05, 4.69) is 0 Å². The van der Waals surface area contributed by atoms with Crippen LogP contribution in [-0.2, 0) is 6.54 Å². The van der Waals surface area contributed by atoms with Crippen molar-refractivity contribution < 1.29 is 9.13 Å². The Balaban J connectivity index is 2.57. The summed E-state index contributed by atoms with van der Waals surface area (Å²) in [4.78, 5) is 12.0. The molecule has 0 saturated heterocycles. The zero-order chi connectivity index (χ0) is 14.7. The zero-order valence-electron chi connectivity index (χ0n) is 11.3. The maximum atomic E-state index is 14.2. The molecule has 0 saturated carbocycles. The highest BCUT2D eigenvalue weighted by molar-refractivity contribution is 6.30. The molecule has 0 N–H and O–H groups in total. The van der Waals surface area contributed by atoms with E-state index in [0.717, 1.165) is 0 Å². The minimum absolute atomic E-state index is 0.127. The fourth-order valence-corrected chi connectivity index (χ4v) is 2.23. The van der Waals surface area contributed by atoms with Gasteiger partial charge in [0.2, 0.25) is 0 Å². The number of nitrogens with zero attached hydrogens (tertiary/aromatic N) is 1. The summed E-state index contributed by atoms with van der Waals surface area (Å²) in [5.41, 5.74) is 0.534. The largest absolute Gasteiger partial charge is 0.494 e. The third-order valence-electron chi connectivity index (χ3n) is 2.97. The molecule has 1 aromatic carbocycles. The van der Waals surface area contributed by atoms with Gasteiger partial charge in [0, 0.05) is 18.2 Å². The molecule has 3 nitrogen and oxygen atoms in total. The van der Waals surface area contributed by atoms with Crippen molar-refractivity contribution in [2.75, 3.05) is 6.61 Å². The van der Waals surface area contributed by atoms with E-state index in [1.165, 1.54) is 16.7 Å². The molecule has 1 aromatic heterocycles. The van der Waals surface area contributed by atoms with Crippen molar-refractivity contribution in [1.29, 1.82) is 0 Å². The van der Waals surface area contributed by atoms with Gasteiger partial charge < -0.3 is 9.30 Å². The molecule has 20 heavy (non-hydrogen) atoms. The predicted octanol–water partition coefficient (Wildman–Crippen LogP) is 3.73. The minimum Gasteiger partial charge on any atom is -0.494 e. The topological polar surface area (TPSA) is 31.2 Å². The van der Waals surface area contributed by atoms with Crippen LogP contribution < -0.4 is 10.3 Å². The highest BCUT2D eigenvalue weighted by atomic mass is 35.5. The predicted molar refractivity (Wildman–Crippen MR) is 77.9 cm³/mol. The summed E-state index contributed by atoms with van der Waals surface area (Å²) in [6, 6.07) is 7.74. The van der Waals surface area contributed by atoms with Crippen molar-refractivity contribution in [2.45, 2.75) is 20.4 Å². The molecule has 0 radical (unpaired) electrons. The van der Waals surface area contributed by atoms with Crippen LogP contribution in [0.1, 0.15) is 13.8 Å². The summed E-state index contributed by atoms with van der Waals surface area (Å²) >= 11 is 5.81. The second-order valence-corrected chi connectivity index (χ2v) is 4.60. The van der Waals surface area contributed by atoms with Gasteiger partial charge in [0.25, 0.3) is 5.56 Å². The Bertz CT molecular complexity index is 682. The monoisotopic (exact) mass is 295 g/mol. The highest BCUT2D eigenvalue weighted by Crippen LogP contribution is 2.26. The Kier molecular flexibility index (Phi) is 4.45. The van der Waals surface area contributed by atoms with Crippen LogP contribution >= 0.6 is 11.6 Å². The number of ether oxygens (including phenoxy) is 1. The lowest BCUT2D eigenvalue weighted by Crippen LogP contribution is -2.21. The molecule has 0 aliphatic heterocycles. The third kappa shape index (κ3) is 2.70. The Hall–Kier alpha value is -1.81. The number of benzene rings is 1. The normalized spacial score (nSPS) is 10.6. The molecule has 2 rings (SSSR count). The van der Waals surface area contributed by atoms with Gasteiger partial charge >= 0.3 is 0 Å². The summed E-state index contributed by atoms with van der Waals surface area (Å²) in [5, 5.41) is 0.127. The number of aromatic nitrogens is 1. The number of hydrogen-bond donors (Lipinski definition) is 0. The first-order valence-electron chi connectivity index (χ1n) is 6.40. The van der Waals surface area contributed by atoms with Crippen molar-refractivity contribution in [1.82, 2.24) is 4.57 Å². The van der Waals surface area contributed by atoms with Crippen molar-refractivity contribution in [3.05, 3.63) is 51.5 Å². The maximum Gasteiger partial charge on any atom is 0.269 e. The molecule has 106 valence electrons. The van der Waals surface area contributed by atoms with Crippen LogP contribution in [0.3, 0.4) is 0 Å². The van der Waals surface area contributed by atoms with E-state index in [0.29, 0.717) is 30.2 Å². The average Bonchev–Trinajstić information content (AvgIpc) is 2.43. The van der Waals surface area contributed by atoms with Crippen molar-refractivity contribution in [3.8, 4) is 17.0 Å². The zero-order valence-corrected chi connectivity index (χ0v) is 12.1. The number of rotatable bonds is 4. The van der Waals surface area contributed by atoms with Crippen LogP contribution in [0.2, 0.25) is 5.02 Å². The van der Waals surface area contributed by atoms with Crippen LogP contribution in [0.15, 0.2) is 35.1 Å². The van der Waals surface area contributed by atoms with Crippen LogP contribution in [0.5, 0.6) is 5.75 Å². The van der Waals surface area contributed by atoms with E-state index >= 15 is 0 Å². The quantitative estimate of drug-likeness (QED) is 0.860. The molecule has 0 unspecified atom stereocenters. The van der Waals surface area contributed by atoms with E-state index in [-0.39, 0.29) is 10.6 Å². The fourth-order valence-electron chi connectivity index (χ4n) is 2.06. The van der Waals surface area contributed by atoms with Gasteiger partial charge in [-0.1, -0.05) is 11.6 Å². The molecular formula is C15H15ClFNO2. The van der Waals surface area contributed by atoms with Crippen LogP contribution in [0.4, 0.5) is 4.39 Å². The van der Waals surface area contributed by atoms with E-state index in [1.807, 2.05) is 13.8 Å². The third-order valence-corrected chi connectivity index (χ3v) is 3.26. The van der Waals surface area contributed by atoms with E-state index in [1.54, 1.807) is 18.2 Å². The number of pyridine rings is 1. The van der Waals surface area contributed by atoms with Crippen molar-refractivity contribution in [3.63, 3.8) is 0 Å². The van der Waals surface area contributed by atoms with Gasteiger partial charge in [-0.25, -0.2) is 4.39 Å². The Morgan fingerprint density at radius 1 is 1.25 bits per heavy atom. The molecule has 0 bridgehead atoms. The molecule has 0 fully saturated rings. The summed E-state index contributed by atoms with van der Waals surface area (Å²) in [6.45, 7) is 4.54. The highest BCUT2D eigenvalue weighted by Gasteiger charge is 2.12. The first-order valence-corrected chi connectivity index (χ1v) is 6.78. The van der Waals surface area contributed by atoms with E-state index < -0.39 is 5.82 Å². The molecular weight excluding hydrogens is 281 g/mol. The van der Waals surface area contributed by atoms with Crippen LogP contribution in [0, 0.1) is 5.82 Å². The van der Waals surface area contributed by atoms with Crippen LogP contribution in [-0.4, -0.2) is 11.2 Å². The van der Waals surface area contributed by atoms with Gasteiger partial charge in [-0.15, -0.1) is 0 Å². The molecule has 0 aliphatic rings. The second-order valence-electron chi connectivity index (χ2n) is 4.19. The first-order chi connectivity index (χ1) is 9.58. The SMILES string of the molecule is CCOc1ccc(-c2ccc(Cl)c(=O)n2CC)c(F)c1. The van der Waals surface area contributed by atoms with Crippen molar-refractivity contribution in [2.24, 2.45) is 0 Å². The molecule has 0 amide bonds. The molecule has 2 aromatic rings. The summed E-state index contributed by atoms with van der Waals surface area (Å²) < 4.78 is 20.9. The number of hydrogen-bond acceptors (Lipinski definition) is 2. The lowest BCUT2D eigenvalue weighted by atomic mass is 10.1. The van der Waals surface area contributed by atoms with E-state index in [9.17, 15) is 9.18 Å². The van der Waals surface area contributed by atoms with Gasteiger partial charge in [0.1, 0.15) is 16.6 Å². The van der Waals surface area contributed by atoms with Crippen LogP contribution in [0.25, 0.3) is 11.3 Å². The average molecular weight is 296 g/mol. The van der Waals surface area contributed by atoms with E-state index in [4.69, 9.17) is 16.3 Å². The fraction of sp³-hybridized carbons (Fsp3) is 0.267. The van der Waals surface area contributed by atoms with Gasteiger partial charge in [-0.05, 0) is 38.1 Å². The van der Waals surface area contributed by atoms with Gasteiger partial charge in [-0.3, -0.25) is 4.79 Å². The lowest BCUT2D eigenvalue weighted by molar-refractivity contribution is 0.338. The summed E-state index contributed by atoms with van der Waals surface area (Å²) in [5.74, 6) is 0.0352. The summed E-state index contributed by atoms with van der Waals surface area (Å²) in [7, 11) is 0. The molecule has 0 spiro atoms. The minimum atomic E-state index is -0.431. The first kappa shape index (κ1) is 14.6. The Labute approximate surface area is 121 Å². The van der Waals surface area contributed by atoms with Gasteiger partial charge in [0.15, 0.2) is 0 Å². The molecule has 0 aliphatic carbocycles. The van der Waals surface area contributed by atoms with Gasteiger partial charge in [0.05, 0.1) is 12.3 Å². The molecule has 1 heterocycles.